The smallest absolute Gasteiger partial charge is 0.274 e. The molecule has 0 spiro atoms. The minimum absolute atomic E-state index is 0.122. The first-order valence-corrected chi connectivity index (χ1v) is 6.53. The summed E-state index contributed by atoms with van der Waals surface area (Å²) in [5, 5.41) is 14.1. The van der Waals surface area contributed by atoms with Gasteiger partial charge in [0, 0.05) is 30.3 Å². The molecule has 0 aliphatic heterocycles. The molecule has 1 fully saturated rings. The Balaban J connectivity index is 1.73. The Kier molecular flexibility index (Phi) is 3.28. The first kappa shape index (κ1) is 12.5. The van der Waals surface area contributed by atoms with Crippen LogP contribution >= 0.6 is 0 Å². The van der Waals surface area contributed by atoms with E-state index in [4.69, 9.17) is 0 Å². The number of benzene rings is 1. The lowest BCUT2D eigenvalue weighted by Crippen LogP contribution is -2.05. The van der Waals surface area contributed by atoms with Gasteiger partial charge in [-0.15, -0.1) is 0 Å². The van der Waals surface area contributed by atoms with Crippen LogP contribution in [0, 0.1) is 10.1 Å². The van der Waals surface area contributed by atoms with E-state index < -0.39 is 0 Å². The third kappa shape index (κ3) is 2.74. The first-order chi connectivity index (χ1) is 9.74. The van der Waals surface area contributed by atoms with Crippen molar-refractivity contribution in [2.75, 3.05) is 5.32 Å². The van der Waals surface area contributed by atoms with E-state index in [0.29, 0.717) is 23.8 Å². The molecule has 0 saturated heterocycles. The highest BCUT2D eigenvalue weighted by Gasteiger charge is 2.26. The van der Waals surface area contributed by atoms with Crippen LogP contribution in [0.2, 0.25) is 0 Å². The maximum Gasteiger partial charge on any atom is 0.274 e. The second kappa shape index (κ2) is 5.24. The normalized spacial score (nSPS) is 14.0. The van der Waals surface area contributed by atoms with Crippen molar-refractivity contribution in [3.63, 3.8) is 0 Å². The molecular formula is C14H14N4O2. The number of hydrogen-bond acceptors (Lipinski definition) is 5. The second-order valence-corrected chi connectivity index (χ2v) is 4.81. The number of nitro benzene ring substituents is 1. The lowest BCUT2D eigenvalue weighted by atomic mass is 10.2. The summed E-state index contributed by atoms with van der Waals surface area (Å²) in [6, 6.07) is 8.48. The molecule has 0 amide bonds. The van der Waals surface area contributed by atoms with Crippen molar-refractivity contribution >= 4 is 11.5 Å². The van der Waals surface area contributed by atoms with Gasteiger partial charge in [0.05, 0.1) is 4.92 Å². The highest BCUT2D eigenvalue weighted by atomic mass is 16.6. The van der Waals surface area contributed by atoms with Crippen LogP contribution < -0.4 is 5.32 Å². The van der Waals surface area contributed by atoms with Gasteiger partial charge in [-0.25, -0.2) is 9.97 Å². The van der Waals surface area contributed by atoms with Gasteiger partial charge in [-0.2, -0.15) is 0 Å². The predicted molar refractivity (Wildman–Crippen MR) is 74.4 cm³/mol. The molecule has 0 unspecified atom stereocenters. The van der Waals surface area contributed by atoms with Gasteiger partial charge in [-0.3, -0.25) is 10.1 Å². The van der Waals surface area contributed by atoms with E-state index in [1.54, 1.807) is 30.5 Å². The Bertz CT molecular complexity index is 641. The molecule has 102 valence electrons. The molecule has 0 bridgehead atoms. The van der Waals surface area contributed by atoms with Crippen LogP contribution in [-0.4, -0.2) is 14.9 Å². The van der Waals surface area contributed by atoms with Crippen molar-refractivity contribution in [1.82, 2.24) is 9.97 Å². The molecule has 1 aliphatic rings. The highest BCUT2D eigenvalue weighted by Crippen LogP contribution is 2.38. The number of nitrogens with zero attached hydrogens (tertiary/aromatic N) is 3. The molecule has 1 saturated carbocycles. The predicted octanol–water partition coefficient (Wildman–Crippen LogP) is 2.87. The summed E-state index contributed by atoms with van der Waals surface area (Å²) in [4.78, 5) is 19.2. The van der Waals surface area contributed by atoms with Gasteiger partial charge >= 0.3 is 0 Å². The molecule has 0 radical (unpaired) electrons. The first-order valence-electron chi connectivity index (χ1n) is 6.53. The zero-order valence-corrected chi connectivity index (χ0v) is 10.8. The van der Waals surface area contributed by atoms with E-state index in [9.17, 15) is 10.1 Å². The topological polar surface area (TPSA) is 81.0 Å². The van der Waals surface area contributed by atoms with Gasteiger partial charge in [0.15, 0.2) is 0 Å². The third-order valence-corrected chi connectivity index (χ3v) is 3.26. The minimum atomic E-state index is -0.368. The van der Waals surface area contributed by atoms with Crippen LogP contribution in [0.15, 0.2) is 36.5 Å². The number of nitrogens with one attached hydrogen (secondary N) is 1. The number of nitro groups is 1. The molecular weight excluding hydrogens is 256 g/mol. The van der Waals surface area contributed by atoms with Crippen molar-refractivity contribution in [3.05, 3.63) is 58.0 Å². The second-order valence-electron chi connectivity index (χ2n) is 4.81. The van der Waals surface area contributed by atoms with Gasteiger partial charge in [-0.05, 0) is 18.9 Å². The standard InChI is InChI=1S/C14H14N4O2/c19-18(20)12-4-2-1-3-11(12)9-16-13-7-8-15-14(17-13)10-5-6-10/h1-4,7-8,10H,5-6,9H2,(H,15,16,17). The monoisotopic (exact) mass is 270 g/mol. The summed E-state index contributed by atoms with van der Waals surface area (Å²) in [5.74, 6) is 2.06. The van der Waals surface area contributed by atoms with Gasteiger partial charge < -0.3 is 5.32 Å². The zero-order valence-electron chi connectivity index (χ0n) is 10.8. The Morgan fingerprint density at radius 2 is 2.10 bits per heavy atom. The van der Waals surface area contributed by atoms with Crippen molar-refractivity contribution in [3.8, 4) is 0 Å². The fraction of sp³-hybridized carbons (Fsp3) is 0.286. The van der Waals surface area contributed by atoms with Crippen molar-refractivity contribution in [2.45, 2.75) is 25.3 Å². The highest BCUT2D eigenvalue weighted by molar-refractivity contribution is 5.43. The van der Waals surface area contributed by atoms with Crippen LogP contribution in [0.25, 0.3) is 0 Å². The van der Waals surface area contributed by atoms with E-state index in [1.165, 1.54) is 6.07 Å². The van der Waals surface area contributed by atoms with Crippen LogP contribution in [0.3, 0.4) is 0 Å². The molecule has 2 aromatic rings. The molecule has 3 rings (SSSR count). The summed E-state index contributed by atoms with van der Waals surface area (Å²) >= 11 is 0. The Labute approximate surface area is 116 Å². The molecule has 1 aromatic heterocycles. The molecule has 6 heteroatoms. The summed E-state index contributed by atoms with van der Waals surface area (Å²) in [7, 11) is 0. The molecule has 6 nitrogen and oxygen atoms in total. The SMILES string of the molecule is O=[N+]([O-])c1ccccc1CNc1ccnc(C2CC2)n1. The maximum absolute atomic E-state index is 10.9. The average Bonchev–Trinajstić information content (AvgIpc) is 3.30. The molecule has 1 aromatic carbocycles. The van der Waals surface area contributed by atoms with Crippen LogP contribution in [0.4, 0.5) is 11.5 Å². The van der Waals surface area contributed by atoms with E-state index in [0.717, 1.165) is 18.7 Å². The fourth-order valence-corrected chi connectivity index (χ4v) is 2.03. The lowest BCUT2D eigenvalue weighted by Gasteiger charge is -2.07. The summed E-state index contributed by atoms with van der Waals surface area (Å²) in [5.41, 5.74) is 0.764. The van der Waals surface area contributed by atoms with Gasteiger partial charge in [-0.1, -0.05) is 18.2 Å². The van der Waals surface area contributed by atoms with E-state index >= 15 is 0 Å². The van der Waals surface area contributed by atoms with Gasteiger partial charge in [0.1, 0.15) is 11.6 Å². The van der Waals surface area contributed by atoms with Crippen LogP contribution in [0.5, 0.6) is 0 Å². The Morgan fingerprint density at radius 1 is 1.30 bits per heavy atom. The molecule has 20 heavy (non-hydrogen) atoms. The number of para-hydroxylation sites is 1. The van der Waals surface area contributed by atoms with Crippen LogP contribution in [0.1, 0.15) is 30.1 Å². The number of aromatic nitrogens is 2. The van der Waals surface area contributed by atoms with Crippen molar-refractivity contribution in [1.29, 1.82) is 0 Å². The number of rotatable bonds is 5. The quantitative estimate of drug-likeness (QED) is 0.667. The van der Waals surface area contributed by atoms with Crippen molar-refractivity contribution < 1.29 is 4.92 Å². The molecule has 1 N–H and O–H groups in total. The number of hydrogen-bond donors (Lipinski definition) is 1. The summed E-state index contributed by atoms with van der Waals surface area (Å²) in [6.07, 6.45) is 4.02. The molecule has 1 aliphatic carbocycles. The van der Waals surface area contributed by atoms with Gasteiger partial charge in [0.2, 0.25) is 0 Å². The fourth-order valence-electron chi connectivity index (χ4n) is 2.03. The zero-order chi connectivity index (χ0) is 13.9. The maximum atomic E-state index is 10.9. The van der Waals surface area contributed by atoms with Gasteiger partial charge in [0.25, 0.3) is 5.69 Å². The Morgan fingerprint density at radius 3 is 2.85 bits per heavy atom. The molecule has 1 heterocycles. The van der Waals surface area contributed by atoms with E-state index in [1.807, 2.05) is 0 Å². The minimum Gasteiger partial charge on any atom is -0.366 e. The summed E-state index contributed by atoms with van der Waals surface area (Å²) in [6.45, 7) is 0.373. The largest absolute Gasteiger partial charge is 0.366 e. The van der Waals surface area contributed by atoms with E-state index in [-0.39, 0.29) is 10.6 Å². The average molecular weight is 270 g/mol. The lowest BCUT2D eigenvalue weighted by molar-refractivity contribution is -0.385. The third-order valence-electron chi connectivity index (χ3n) is 3.26. The Hall–Kier alpha value is -2.50. The summed E-state index contributed by atoms with van der Waals surface area (Å²) < 4.78 is 0. The number of anilines is 1. The van der Waals surface area contributed by atoms with E-state index in [2.05, 4.69) is 15.3 Å². The van der Waals surface area contributed by atoms with Crippen LogP contribution in [-0.2, 0) is 6.54 Å². The van der Waals surface area contributed by atoms with Crippen molar-refractivity contribution in [2.24, 2.45) is 0 Å². The molecule has 0 atom stereocenters.